The topological polar surface area (TPSA) is 75.7 Å². The predicted molar refractivity (Wildman–Crippen MR) is 103 cm³/mol. The van der Waals surface area contributed by atoms with Crippen LogP contribution in [0.25, 0.3) is 0 Å². The lowest BCUT2D eigenvalue weighted by atomic mass is 10.1. The molecule has 0 bridgehead atoms. The van der Waals surface area contributed by atoms with E-state index in [9.17, 15) is 14.4 Å². The van der Waals surface area contributed by atoms with Gasteiger partial charge in [0.15, 0.2) is 0 Å². The first-order chi connectivity index (χ1) is 13.0. The molecule has 2 aromatic carbocycles. The lowest BCUT2D eigenvalue weighted by Crippen LogP contribution is -2.23. The number of nitrogens with zero attached hydrogens (tertiary/aromatic N) is 1. The van der Waals surface area contributed by atoms with Crippen molar-refractivity contribution < 1.29 is 19.1 Å². The van der Waals surface area contributed by atoms with Crippen LogP contribution in [0.1, 0.15) is 40.5 Å². The molecule has 0 aromatic heterocycles. The number of hydrogen-bond acceptors (Lipinski definition) is 4. The molecule has 1 N–H and O–H groups in total. The van der Waals surface area contributed by atoms with Gasteiger partial charge in [-0.05, 0) is 55.8 Å². The quantitative estimate of drug-likeness (QED) is 0.791. The highest BCUT2D eigenvalue weighted by Crippen LogP contribution is 2.24. The first-order valence-corrected chi connectivity index (χ1v) is 9.06. The number of halogens is 1. The number of hydrogen-bond donors (Lipinski definition) is 1. The summed E-state index contributed by atoms with van der Waals surface area (Å²) >= 11 is 6.11. The SMILES string of the molecule is CCOC(=O)c1ccc(NC(=O)c2ccc(N3CCCC3=O)cc2)cc1Cl. The third kappa shape index (κ3) is 4.28. The smallest absolute Gasteiger partial charge is 0.339 e. The van der Waals surface area contributed by atoms with Gasteiger partial charge in [0.25, 0.3) is 5.91 Å². The summed E-state index contributed by atoms with van der Waals surface area (Å²) in [6, 6.07) is 11.5. The molecule has 0 atom stereocenters. The number of carbonyl (C=O) groups is 3. The van der Waals surface area contributed by atoms with E-state index >= 15 is 0 Å². The summed E-state index contributed by atoms with van der Waals surface area (Å²) in [7, 11) is 0. The Morgan fingerprint density at radius 2 is 1.93 bits per heavy atom. The van der Waals surface area contributed by atoms with E-state index in [0.29, 0.717) is 24.2 Å². The molecule has 1 aliphatic rings. The Balaban J connectivity index is 1.69. The highest BCUT2D eigenvalue weighted by molar-refractivity contribution is 6.34. The lowest BCUT2D eigenvalue weighted by Gasteiger charge is -2.16. The predicted octanol–water partition coefficient (Wildman–Crippen LogP) is 3.90. The van der Waals surface area contributed by atoms with Crippen molar-refractivity contribution in [2.75, 3.05) is 23.4 Å². The van der Waals surface area contributed by atoms with Crippen LogP contribution in [0.5, 0.6) is 0 Å². The molecule has 0 saturated carbocycles. The molecule has 3 rings (SSSR count). The molecule has 6 nitrogen and oxygen atoms in total. The number of nitrogens with one attached hydrogen (secondary N) is 1. The molecule has 1 saturated heterocycles. The summed E-state index contributed by atoms with van der Waals surface area (Å²) in [5.41, 5.74) is 1.96. The number of benzene rings is 2. The van der Waals surface area contributed by atoms with Crippen LogP contribution in [-0.2, 0) is 9.53 Å². The number of ether oxygens (including phenoxy) is 1. The van der Waals surface area contributed by atoms with E-state index in [1.807, 2.05) is 0 Å². The van der Waals surface area contributed by atoms with Gasteiger partial charge in [-0.2, -0.15) is 0 Å². The number of anilines is 2. The average molecular weight is 387 g/mol. The van der Waals surface area contributed by atoms with E-state index < -0.39 is 5.97 Å². The minimum absolute atomic E-state index is 0.100. The third-order valence-electron chi connectivity index (χ3n) is 4.24. The molecule has 1 fully saturated rings. The van der Waals surface area contributed by atoms with E-state index in [1.165, 1.54) is 12.1 Å². The Labute approximate surface area is 162 Å². The Hall–Kier alpha value is -2.86. The molecule has 27 heavy (non-hydrogen) atoms. The lowest BCUT2D eigenvalue weighted by molar-refractivity contribution is -0.117. The van der Waals surface area contributed by atoms with Gasteiger partial charge in [-0.25, -0.2) is 4.79 Å². The van der Waals surface area contributed by atoms with E-state index in [2.05, 4.69) is 5.32 Å². The van der Waals surface area contributed by atoms with Crippen LogP contribution in [0.2, 0.25) is 5.02 Å². The molecule has 140 valence electrons. The van der Waals surface area contributed by atoms with Crippen molar-refractivity contribution in [1.82, 2.24) is 0 Å². The normalized spacial score (nSPS) is 13.6. The fourth-order valence-electron chi connectivity index (χ4n) is 2.88. The minimum Gasteiger partial charge on any atom is -0.462 e. The molecule has 2 aromatic rings. The van der Waals surface area contributed by atoms with Gasteiger partial charge in [0.05, 0.1) is 17.2 Å². The Morgan fingerprint density at radius 3 is 2.52 bits per heavy atom. The van der Waals surface area contributed by atoms with Gasteiger partial charge in [-0.1, -0.05) is 11.6 Å². The second-order valence-corrected chi connectivity index (χ2v) is 6.47. The average Bonchev–Trinajstić information content (AvgIpc) is 3.08. The largest absolute Gasteiger partial charge is 0.462 e. The van der Waals surface area contributed by atoms with E-state index in [1.54, 1.807) is 42.2 Å². The molecule has 0 spiro atoms. The zero-order valence-corrected chi connectivity index (χ0v) is 15.6. The Kier molecular flexibility index (Phi) is 5.76. The van der Waals surface area contributed by atoms with Crippen LogP contribution in [0.3, 0.4) is 0 Å². The van der Waals surface area contributed by atoms with Crippen molar-refractivity contribution in [2.45, 2.75) is 19.8 Å². The minimum atomic E-state index is -0.507. The molecule has 7 heteroatoms. The summed E-state index contributed by atoms with van der Waals surface area (Å²) in [4.78, 5) is 37.7. The van der Waals surface area contributed by atoms with Gasteiger partial charge in [-0.3, -0.25) is 9.59 Å². The second kappa shape index (κ2) is 8.22. The second-order valence-electron chi connectivity index (χ2n) is 6.07. The summed E-state index contributed by atoms with van der Waals surface area (Å²) in [6.45, 7) is 2.67. The zero-order valence-electron chi connectivity index (χ0n) is 14.8. The zero-order chi connectivity index (χ0) is 19.4. The van der Waals surface area contributed by atoms with Crippen LogP contribution < -0.4 is 10.2 Å². The van der Waals surface area contributed by atoms with E-state index in [0.717, 1.165) is 12.1 Å². The molecule has 2 amide bonds. The van der Waals surface area contributed by atoms with Crippen molar-refractivity contribution in [3.8, 4) is 0 Å². The number of amides is 2. The maximum atomic E-state index is 12.4. The maximum Gasteiger partial charge on any atom is 0.339 e. The van der Waals surface area contributed by atoms with Gasteiger partial charge < -0.3 is 15.0 Å². The van der Waals surface area contributed by atoms with Crippen LogP contribution in [0, 0.1) is 0 Å². The van der Waals surface area contributed by atoms with Crippen molar-refractivity contribution in [3.05, 3.63) is 58.6 Å². The monoisotopic (exact) mass is 386 g/mol. The van der Waals surface area contributed by atoms with Gasteiger partial charge in [-0.15, -0.1) is 0 Å². The summed E-state index contributed by atoms with van der Waals surface area (Å²) in [5.74, 6) is -0.717. The Morgan fingerprint density at radius 1 is 1.19 bits per heavy atom. The highest BCUT2D eigenvalue weighted by atomic mass is 35.5. The van der Waals surface area contributed by atoms with Crippen molar-refractivity contribution >= 4 is 40.8 Å². The van der Waals surface area contributed by atoms with Gasteiger partial charge >= 0.3 is 5.97 Å². The van der Waals surface area contributed by atoms with Crippen molar-refractivity contribution in [3.63, 3.8) is 0 Å². The van der Waals surface area contributed by atoms with Gasteiger partial charge in [0.2, 0.25) is 5.91 Å². The van der Waals surface area contributed by atoms with Crippen LogP contribution in [0.15, 0.2) is 42.5 Å². The van der Waals surface area contributed by atoms with Gasteiger partial charge in [0, 0.05) is 29.9 Å². The van der Waals surface area contributed by atoms with E-state index in [4.69, 9.17) is 16.3 Å². The van der Waals surface area contributed by atoms with Crippen molar-refractivity contribution in [2.24, 2.45) is 0 Å². The molecule has 0 unspecified atom stereocenters. The number of esters is 1. The standard InChI is InChI=1S/C20H19ClN2O4/c1-2-27-20(26)16-10-7-14(12-17(16)21)22-19(25)13-5-8-15(9-6-13)23-11-3-4-18(23)24/h5-10,12H,2-4,11H2,1H3,(H,22,25). The first-order valence-electron chi connectivity index (χ1n) is 8.68. The highest BCUT2D eigenvalue weighted by Gasteiger charge is 2.21. The molecule has 0 radical (unpaired) electrons. The van der Waals surface area contributed by atoms with Crippen LogP contribution in [0.4, 0.5) is 11.4 Å². The molecule has 0 aliphatic carbocycles. The van der Waals surface area contributed by atoms with Gasteiger partial charge in [0.1, 0.15) is 0 Å². The van der Waals surface area contributed by atoms with Crippen molar-refractivity contribution in [1.29, 1.82) is 0 Å². The van der Waals surface area contributed by atoms with Crippen LogP contribution in [-0.4, -0.2) is 30.9 Å². The molecular formula is C20H19ClN2O4. The number of carbonyl (C=O) groups excluding carboxylic acids is 3. The number of rotatable bonds is 5. The summed E-state index contributed by atoms with van der Waals surface area (Å²) in [6.07, 6.45) is 1.41. The van der Waals surface area contributed by atoms with Crippen LogP contribution >= 0.6 is 11.6 Å². The fourth-order valence-corrected chi connectivity index (χ4v) is 3.14. The molecule has 1 heterocycles. The fraction of sp³-hybridized carbons (Fsp3) is 0.250. The maximum absolute atomic E-state index is 12.4. The summed E-state index contributed by atoms with van der Waals surface area (Å²) in [5, 5.41) is 2.94. The first kappa shape index (κ1) is 18.9. The molecular weight excluding hydrogens is 368 g/mol. The Bertz CT molecular complexity index is 880. The third-order valence-corrected chi connectivity index (χ3v) is 4.55. The van der Waals surface area contributed by atoms with E-state index in [-0.39, 0.29) is 29.0 Å². The summed E-state index contributed by atoms with van der Waals surface area (Å²) < 4.78 is 4.92. The molecule has 1 aliphatic heterocycles.